The van der Waals surface area contributed by atoms with E-state index in [4.69, 9.17) is 19.8 Å². The van der Waals surface area contributed by atoms with E-state index in [-0.39, 0.29) is 28.8 Å². The van der Waals surface area contributed by atoms with Crippen molar-refractivity contribution >= 4 is 21.4 Å². The number of carbonyl (C=O) groups is 2. The predicted octanol–water partition coefficient (Wildman–Crippen LogP) is -0.611. The van der Waals surface area contributed by atoms with Crippen LogP contribution < -0.4 is 0 Å². The molecule has 4 nitrogen and oxygen atoms in total. The van der Waals surface area contributed by atoms with Gasteiger partial charge in [0.25, 0.3) is 12.9 Å². The fourth-order valence-corrected chi connectivity index (χ4v) is 0. The largest absolute Gasteiger partial charge is 0.483 e. The molecule has 0 aliphatic heterocycles. The molecule has 2 N–H and O–H groups in total. The van der Waals surface area contributed by atoms with E-state index >= 15 is 0 Å². The van der Waals surface area contributed by atoms with E-state index in [1.54, 1.807) is 0 Å². The maximum atomic E-state index is 8.36. The molecule has 2 radical (unpaired) electrons. The summed E-state index contributed by atoms with van der Waals surface area (Å²) >= 11 is 0. The molecule has 0 aromatic carbocycles. The van der Waals surface area contributed by atoms with E-state index in [2.05, 4.69) is 0 Å². The zero-order chi connectivity index (χ0) is 5.41. The van der Waals surface area contributed by atoms with Crippen molar-refractivity contribution in [3.63, 3.8) is 0 Å². The number of carboxylic acid groups (broad SMARTS) is 2. The van der Waals surface area contributed by atoms with Crippen LogP contribution in [0.4, 0.5) is 0 Å². The summed E-state index contributed by atoms with van der Waals surface area (Å²) in [5.41, 5.74) is 0. The van der Waals surface area contributed by atoms with Gasteiger partial charge >= 0.3 is 0 Å². The summed E-state index contributed by atoms with van der Waals surface area (Å²) in [5, 5.41) is 13.8. The maximum Gasteiger partial charge on any atom is 0.290 e. The fourth-order valence-electron chi connectivity index (χ4n) is 0. The standard InChI is InChI=1S/2CH2O2.CH4.BH/c2*2-1-3;;/h2*1H,(H,2,3);1H4;1H. The van der Waals surface area contributed by atoms with E-state index in [1.807, 2.05) is 0 Å². The second-order valence-electron chi connectivity index (χ2n) is 0.211. The van der Waals surface area contributed by atoms with Crippen molar-refractivity contribution in [2.75, 3.05) is 0 Å². The third-order valence-electron chi connectivity index (χ3n) is 0. The van der Waals surface area contributed by atoms with Gasteiger partial charge in [-0.15, -0.1) is 0 Å². The summed E-state index contributed by atoms with van der Waals surface area (Å²) in [6.07, 6.45) is 0. The van der Waals surface area contributed by atoms with Gasteiger partial charge in [-0.3, -0.25) is 9.59 Å². The number of hydrogen-bond acceptors (Lipinski definition) is 2. The molecule has 0 aromatic heterocycles. The van der Waals surface area contributed by atoms with Gasteiger partial charge in [0.15, 0.2) is 0 Å². The van der Waals surface area contributed by atoms with Crippen molar-refractivity contribution in [3.05, 3.63) is 0 Å². The van der Waals surface area contributed by atoms with Gasteiger partial charge in [-0.25, -0.2) is 0 Å². The summed E-state index contributed by atoms with van der Waals surface area (Å²) in [6.45, 7) is -0.500. The molecule has 0 aliphatic rings. The van der Waals surface area contributed by atoms with E-state index < -0.39 is 0 Å². The molecule has 0 heterocycles. The summed E-state index contributed by atoms with van der Waals surface area (Å²) in [6, 6.07) is 0. The van der Waals surface area contributed by atoms with Crippen LogP contribution in [0.2, 0.25) is 0 Å². The molecular weight excluding hydrogens is 111 g/mol. The first-order chi connectivity index (χ1) is 2.83. The summed E-state index contributed by atoms with van der Waals surface area (Å²) < 4.78 is 0. The van der Waals surface area contributed by atoms with Crippen LogP contribution in [0.5, 0.6) is 0 Å². The van der Waals surface area contributed by atoms with Crippen molar-refractivity contribution in [2.24, 2.45) is 0 Å². The Balaban J connectivity index is -0.0000000160. The van der Waals surface area contributed by atoms with E-state index in [1.165, 1.54) is 0 Å². The number of rotatable bonds is 0. The molecule has 0 bridgehead atoms. The van der Waals surface area contributed by atoms with Gasteiger partial charge in [0.1, 0.15) is 0 Å². The van der Waals surface area contributed by atoms with Crippen LogP contribution >= 0.6 is 0 Å². The Morgan fingerprint density at radius 3 is 1.00 bits per heavy atom. The highest BCUT2D eigenvalue weighted by Gasteiger charge is 1.22. The zero-order valence-corrected chi connectivity index (χ0v) is 3.57. The highest BCUT2D eigenvalue weighted by atomic mass is 16.3. The maximum absolute atomic E-state index is 8.36. The van der Waals surface area contributed by atoms with Gasteiger partial charge in [0.05, 0.1) is 0 Å². The minimum atomic E-state index is -0.250. The van der Waals surface area contributed by atoms with Gasteiger partial charge in [0.2, 0.25) is 0 Å². The second kappa shape index (κ2) is 149. The minimum Gasteiger partial charge on any atom is -0.483 e. The lowest BCUT2D eigenvalue weighted by Gasteiger charge is -1.34. The fraction of sp³-hybridized carbons (Fsp3) is 0.333. The smallest absolute Gasteiger partial charge is 0.290 e. The third-order valence-corrected chi connectivity index (χ3v) is 0. The topological polar surface area (TPSA) is 74.6 Å². The van der Waals surface area contributed by atoms with Crippen molar-refractivity contribution in [2.45, 2.75) is 7.43 Å². The normalized spacial score (nSPS) is 3.00. The van der Waals surface area contributed by atoms with Crippen LogP contribution in [0.1, 0.15) is 7.43 Å². The predicted molar refractivity (Wildman–Crippen MR) is 31.3 cm³/mol. The summed E-state index contributed by atoms with van der Waals surface area (Å²) in [5.74, 6) is 0. The molecule has 0 aromatic rings. The van der Waals surface area contributed by atoms with Crippen LogP contribution in [0, 0.1) is 0 Å². The second-order valence-corrected chi connectivity index (χ2v) is 0.211. The van der Waals surface area contributed by atoms with E-state index in [0.717, 1.165) is 0 Å². The van der Waals surface area contributed by atoms with Gasteiger partial charge in [-0.2, -0.15) is 0 Å². The molecule has 0 spiro atoms. The molecule has 0 rings (SSSR count). The van der Waals surface area contributed by atoms with Gasteiger partial charge < -0.3 is 10.2 Å². The lowest BCUT2D eigenvalue weighted by Crippen LogP contribution is -1.49. The van der Waals surface area contributed by atoms with Gasteiger partial charge in [-0.1, -0.05) is 7.43 Å². The summed E-state index contributed by atoms with van der Waals surface area (Å²) in [7, 11) is 0. The lowest BCUT2D eigenvalue weighted by atomic mass is 10.8. The summed E-state index contributed by atoms with van der Waals surface area (Å²) in [4.78, 5) is 16.7. The molecule has 0 saturated carbocycles. The lowest BCUT2D eigenvalue weighted by molar-refractivity contribution is -0.123. The van der Waals surface area contributed by atoms with Crippen molar-refractivity contribution in [1.29, 1.82) is 0 Å². The van der Waals surface area contributed by atoms with Crippen LogP contribution in [0.25, 0.3) is 0 Å². The Kier molecular flexibility index (Phi) is 521. The Morgan fingerprint density at radius 1 is 1.00 bits per heavy atom. The molecule has 0 amide bonds. The average molecular weight is 120 g/mol. The monoisotopic (exact) mass is 120 g/mol. The Labute approximate surface area is 49.7 Å². The third kappa shape index (κ3) is 81.1. The van der Waals surface area contributed by atoms with Crippen LogP contribution in [-0.4, -0.2) is 31.6 Å². The Morgan fingerprint density at radius 2 is 1.00 bits per heavy atom. The SMILES string of the molecule is C.O=CO.O=CO.[BH]. The molecule has 48 valence electrons. The first kappa shape index (κ1) is 28.0. The first-order valence-corrected chi connectivity index (χ1v) is 0.988. The van der Waals surface area contributed by atoms with E-state index in [0.29, 0.717) is 0 Å². The molecular formula is C3H9BO4. The molecule has 5 heteroatoms. The van der Waals surface area contributed by atoms with Crippen molar-refractivity contribution in [1.82, 2.24) is 0 Å². The molecule has 0 aliphatic carbocycles. The molecule has 0 saturated heterocycles. The van der Waals surface area contributed by atoms with Crippen LogP contribution in [0.3, 0.4) is 0 Å². The number of hydrogen-bond donors (Lipinski definition) is 2. The quantitative estimate of drug-likeness (QED) is 0.330. The van der Waals surface area contributed by atoms with Crippen LogP contribution in [0.15, 0.2) is 0 Å². The van der Waals surface area contributed by atoms with Crippen molar-refractivity contribution in [3.8, 4) is 0 Å². The van der Waals surface area contributed by atoms with Gasteiger partial charge in [-0.05, 0) is 0 Å². The molecule has 0 fully saturated rings. The molecule has 0 atom stereocenters. The Bertz CT molecular complexity index is 32.3. The zero-order valence-electron chi connectivity index (χ0n) is 3.57. The van der Waals surface area contributed by atoms with Crippen LogP contribution in [-0.2, 0) is 9.59 Å². The molecule has 8 heavy (non-hydrogen) atoms. The highest BCUT2D eigenvalue weighted by Crippen LogP contribution is 0.969. The van der Waals surface area contributed by atoms with Crippen molar-refractivity contribution < 1.29 is 19.8 Å². The molecule has 0 unspecified atom stereocenters. The first-order valence-electron chi connectivity index (χ1n) is 0.988. The van der Waals surface area contributed by atoms with E-state index in [9.17, 15) is 0 Å². The van der Waals surface area contributed by atoms with Gasteiger partial charge in [0, 0.05) is 8.41 Å². The Hall–Kier alpha value is -0.995. The highest BCUT2D eigenvalue weighted by molar-refractivity contribution is 5.75. The minimum absolute atomic E-state index is 0. The average Bonchev–Trinajstić information content (AvgIpc) is 1.39.